The lowest BCUT2D eigenvalue weighted by Gasteiger charge is -2.32. The summed E-state index contributed by atoms with van der Waals surface area (Å²) in [6, 6.07) is 0.00239. The summed E-state index contributed by atoms with van der Waals surface area (Å²) in [5.74, 6) is 1.70. The summed E-state index contributed by atoms with van der Waals surface area (Å²) in [4.78, 5) is 18.4. The third-order valence-corrected chi connectivity index (χ3v) is 4.16. The number of rotatable bonds is 6. The zero-order valence-corrected chi connectivity index (χ0v) is 13.9. The summed E-state index contributed by atoms with van der Waals surface area (Å²) in [5.41, 5.74) is 0. The summed E-state index contributed by atoms with van der Waals surface area (Å²) in [7, 11) is 0. The van der Waals surface area contributed by atoms with E-state index in [-0.39, 0.29) is 6.03 Å². The highest BCUT2D eigenvalue weighted by Crippen LogP contribution is 2.19. The summed E-state index contributed by atoms with van der Waals surface area (Å²) in [6.07, 6.45) is 7.15. The first-order chi connectivity index (χ1) is 11.7. The van der Waals surface area contributed by atoms with Crippen LogP contribution in [-0.4, -0.2) is 55.7 Å². The summed E-state index contributed by atoms with van der Waals surface area (Å²) >= 11 is 0. The quantitative estimate of drug-likeness (QED) is 0.792. The van der Waals surface area contributed by atoms with E-state index in [9.17, 15) is 4.79 Å². The Morgan fingerprint density at radius 3 is 3.17 bits per heavy atom. The van der Waals surface area contributed by atoms with Gasteiger partial charge < -0.3 is 14.7 Å². The number of amides is 2. The Hall–Kier alpha value is -2.45. The summed E-state index contributed by atoms with van der Waals surface area (Å²) in [6.45, 7) is 4.71. The fourth-order valence-corrected chi connectivity index (χ4v) is 3.00. The van der Waals surface area contributed by atoms with Crippen LogP contribution in [-0.2, 0) is 13.0 Å². The number of nitrogens with one attached hydrogen (secondary N) is 1. The number of piperidine rings is 1. The minimum Gasteiger partial charge on any atom is -0.340 e. The Balaban J connectivity index is 1.39. The minimum absolute atomic E-state index is 0.00239. The normalized spacial score (nSPS) is 17.9. The average molecular weight is 333 g/mol. The predicted molar refractivity (Wildman–Crippen MR) is 85.1 cm³/mol. The van der Waals surface area contributed by atoms with Crippen LogP contribution in [0.1, 0.15) is 31.0 Å². The van der Waals surface area contributed by atoms with Crippen LogP contribution in [0.15, 0.2) is 16.9 Å². The molecule has 3 rings (SSSR count). The Morgan fingerprint density at radius 1 is 1.50 bits per heavy atom. The zero-order valence-electron chi connectivity index (χ0n) is 13.9. The lowest BCUT2D eigenvalue weighted by molar-refractivity contribution is 0.164. The number of aryl methyl sites for hydroxylation is 2. The van der Waals surface area contributed by atoms with Gasteiger partial charge in [-0.15, -0.1) is 5.10 Å². The molecule has 1 fully saturated rings. The third kappa shape index (κ3) is 4.53. The molecular formula is C15H23N7O2. The molecule has 130 valence electrons. The molecule has 0 aliphatic carbocycles. The zero-order chi connectivity index (χ0) is 16.8. The molecule has 0 spiro atoms. The van der Waals surface area contributed by atoms with Crippen LogP contribution in [0.4, 0.5) is 4.79 Å². The highest BCUT2D eigenvalue weighted by atomic mass is 16.5. The number of urea groups is 1. The van der Waals surface area contributed by atoms with Gasteiger partial charge in [-0.1, -0.05) is 10.4 Å². The number of carbonyl (C=O) groups excluding carboxylic acids is 1. The van der Waals surface area contributed by atoms with E-state index in [1.54, 1.807) is 17.8 Å². The van der Waals surface area contributed by atoms with E-state index in [2.05, 4.69) is 25.8 Å². The SMILES string of the molecule is Cc1nc(CC2CCCN(C(=O)NCCCn3ccnn3)C2)no1. The number of hydrogen-bond acceptors (Lipinski definition) is 6. The molecule has 9 heteroatoms. The van der Waals surface area contributed by atoms with E-state index < -0.39 is 0 Å². The van der Waals surface area contributed by atoms with Crippen molar-refractivity contribution >= 4 is 6.03 Å². The van der Waals surface area contributed by atoms with Gasteiger partial charge in [0.15, 0.2) is 5.82 Å². The van der Waals surface area contributed by atoms with Crippen LogP contribution in [0.5, 0.6) is 0 Å². The van der Waals surface area contributed by atoms with Crippen LogP contribution in [0, 0.1) is 12.8 Å². The average Bonchev–Trinajstić information content (AvgIpc) is 3.23. The van der Waals surface area contributed by atoms with Gasteiger partial charge in [0.2, 0.25) is 5.89 Å². The van der Waals surface area contributed by atoms with Crippen molar-refractivity contribution in [3.05, 3.63) is 24.1 Å². The van der Waals surface area contributed by atoms with Crippen LogP contribution >= 0.6 is 0 Å². The fraction of sp³-hybridized carbons (Fsp3) is 0.667. The maximum atomic E-state index is 12.3. The standard InChI is InChI=1S/C15H23N7O2/c1-12-18-14(19-24-12)10-13-4-2-7-21(11-13)15(23)16-5-3-8-22-9-6-17-20-22/h6,9,13H,2-5,7-8,10-11H2,1H3,(H,16,23). The van der Waals surface area contributed by atoms with Gasteiger partial charge in [-0.05, 0) is 25.2 Å². The molecule has 2 aromatic rings. The molecule has 1 unspecified atom stereocenters. The van der Waals surface area contributed by atoms with E-state index in [0.717, 1.165) is 51.1 Å². The molecule has 1 aliphatic rings. The first-order valence-electron chi connectivity index (χ1n) is 8.37. The highest BCUT2D eigenvalue weighted by Gasteiger charge is 2.24. The first kappa shape index (κ1) is 16.4. The molecule has 0 saturated carbocycles. The molecule has 1 N–H and O–H groups in total. The monoisotopic (exact) mass is 333 g/mol. The maximum Gasteiger partial charge on any atom is 0.317 e. The van der Waals surface area contributed by atoms with Crippen molar-refractivity contribution in [2.75, 3.05) is 19.6 Å². The molecule has 24 heavy (non-hydrogen) atoms. The van der Waals surface area contributed by atoms with Crippen molar-refractivity contribution < 1.29 is 9.32 Å². The van der Waals surface area contributed by atoms with E-state index in [0.29, 0.717) is 18.4 Å². The lowest BCUT2D eigenvalue weighted by atomic mass is 9.95. The van der Waals surface area contributed by atoms with Gasteiger partial charge in [0, 0.05) is 45.7 Å². The van der Waals surface area contributed by atoms with Gasteiger partial charge in [0.05, 0.1) is 6.20 Å². The minimum atomic E-state index is 0.00239. The molecule has 0 radical (unpaired) electrons. The maximum absolute atomic E-state index is 12.3. The smallest absolute Gasteiger partial charge is 0.317 e. The molecule has 2 aromatic heterocycles. The lowest BCUT2D eigenvalue weighted by Crippen LogP contribution is -2.46. The predicted octanol–water partition coefficient (Wildman–Crippen LogP) is 1.02. The molecule has 1 aliphatic heterocycles. The van der Waals surface area contributed by atoms with Crippen LogP contribution in [0.25, 0.3) is 0 Å². The Morgan fingerprint density at radius 2 is 2.42 bits per heavy atom. The first-order valence-corrected chi connectivity index (χ1v) is 8.37. The van der Waals surface area contributed by atoms with Crippen molar-refractivity contribution in [2.45, 2.75) is 39.2 Å². The molecule has 3 heterocycles. The molecular weight excluding hydrogens is 310 g/mol. The summed E-state index contributed by atoms with van der Waals surface area (Å²) in [5, 5.41) is 14.6. The highest BCUT2D eigenvalue weighted by molar-refractivity contribution is 5.74. The van der Waals surface area contributed by atoms with Gasteiger partial charge in [-0.2, -0.15) is 4.98 Å². The van der Waals surface area contributed by atoms with E-state index in [4.69, 9.17) is 4.52 Å². The Labute approximate surface area is 140 Å². The summed E-state index contributed by atoms with van der Waals surface area (Å²) < 4.78 is 6.77. The van der Waals surface area contributed by atoms with Crippen molar-refractivity contribution in [1.82, 2.24) is 35.4 Å². The van der Waals surface area contributed by atoms with Crippen molar-refractivity contribution in [3.63, 3.8) is 0 Å². The number of aromatic nitrogens is 5. The fourth-order valence-electron chi connectivity index (χ4n) is 3.00. The molecule has 0 bridgehead atoms. The van der Waals surface area contributed by atoms with Crippen LogP contribution in [0.3, 0.4) is 0 Å². The van der Waals surface area contributed by atoms with Crippen LogP contribution < -0.4 is 5.32 Å². The van der Waals surface area contributed by atoms with Crippen LogP contribution in [0.2, 0.25) is 0 Å². The number of likely N-dealkylation sites (tertiary alicyclic amines) is 1. The van der Waals surface area contributed by atoms with Gasteiger partial charge in [-0.25, -0.2) is 4.79 Å². The van der Waals surface area contributed by atoms with E-state index >= 15 is 0 Å². The second-order valence-corrected chi connectivity index (χ2v) is 6.14. The van der Waals surface area contributed by atoms with Gasteiger partial charge in [0.25, 0.3) is 0 Å². The molecule has 1 atom stereocenters. The van der Waals surface area contributed by atoms with Crippen molar-refractivity contribution in [2.24, 2.45) is 5.92 Å². The molecule has 1 saturated heterocycles. The van der Waals surface area contributed by atoms with E-state index in [1.807, 2.05) is 11.1 Å². The molecule has 2 amide bonds. The number of nitrogens with zero attached hydrogens (tertiary/aromatic N) is 6. The number of carbonyl (C=O) groups is 1. The van der Waals surface area contributed by atoms with E-state index in [1.165, 1.54) is 0 Å². The van der Waals surface area contributed by atoms with Crippen molar-refractivity contribution in [1.29, 1.82) is 0 Å². The number of hydrogen-bond donors (Lipinski definition) is 1. The Bertz CT molecular complexity index is 640. The molecule has 9 nitrogen and oxygen atoms in total. The second kappa shape index (κ2) is 7.89. The second-order valence-electron chi connectivity index (χ2n) is 6.14. The van der Waals surface area contributed by atoms with Crippen molar-refractivity contribution in [3.8, 4) is 0 Å². The Kier molecular flexibility index (Phi) is 5.39. The van der Waals surface area contributed by atoms with Gasteiger partial charge in [-0.3, -0.25) is 4.68 Å². The van der Waals surface area contributed by atoms with Gasteiger partial charge >= 0.3 is 6.03 Å². The van der Waals surface area contributed by atoms with Gasteiger partial charge in [0.1, 0.15) is 0 Å². The topological polar surface area (TPSA) is 102 Å². The largest absolute Gasteiger partial charge is 0.340 e. The third-order valence-electron chi connectivity index (χ3n) is 4.16. The molecule has 0 aromatic carbocycles.